The van der Waals surface area contributed by atoms with Crippen LogP contribution in [0.3, 0.4) is 0 Å². The minimum Gasteiger partial charge on any atom is -0.370 e. The SMILES string of the molecule is CN(C(N)=NCCNc1nc2ccccc2s1)C1CC1. The minimum atomic E-state index is 0.607. The van der Waals surface area contributed by atoms with Gasteiger partial charge in [0.15, 0.2) is 11.1 Å². The maximum Gasteiger partial charge on any atom is 0.191 e. The maximum absolute atomic E-state index is 5.93. The zero-order valence-electron chi connectivity index (χ0n) is 11.5. The fourth-order valence-electron chi connectivity index (χ4n) is 2.04. The second kappa shape index (κ2) is 5.66. The lowest BCUT2D eigenvalue weighted by Gasteiger charge is -2.16. The summed E-state index contributed by atoms with van der Waals surface area (Å²) in [5, 5.41) is 4.24. The summed E-state index contributed by atoms with van der Waals surface area (Å²) in [6, 6.07) is 8.75. The quantitative estimate of drug-likeness (QED) is 0.503. The van der Waals surface area contributed by atoms with Crippen molar-refractivity contribution in [1.29, 1.82) is 0 Å². The first-order valence-corrected chi connectivity index (χ1v) is 7.68. The first-order chi connectivity index (χ1) is 9.74. The topological polar surface area (TPSA) is 66.5 Å². The van der Waals surface area contributed by atoms with E-state index in [4.69, 9.17) is 5.73 Å². The van der Waals surface area contributed by atoms with Gasteiger partial charge in [0.2, 0.25) is 0 Å². The molecule has 0 atom stereocenters. The van der Waals surface area contributed by atoms with Crippen LogP contribution in [0.1, 0.15) is 12.8 Å². The number of nitrogens with one attached hydrogen (secondary N) is 1. The molecule has 0 unspecified atom stereocenters. The summed E-state index contributed by atoms with van der Waals surface area (Å²) >= 11 is 1.66. The van der Waals surface area contributed by atoms with E-state index in [0.29, 0.717) is 18.5 Å². The predicted octanol–water partition coefficient (Wildman–Crippen LogP) is 2.12. The second-order valence-corrected chi connectivity index (χ2v) is 6.03. The van der Waals surface area contributed by atoms with E-state index >= 15 is 0 Å². The zero-order valence-corrected chi connectivity index (χ0v) is 12.4. The first-order valence-electron chi connectivity index (χ1n) is 6.86. The van der Waals surface area contributed by atoms with Gasteiger partial charge in [-0.05, 0) is 25.0 Å². The van der Waals surface area contributed by atoms with Gasteiger partial charge >= 0.3 is 0 Å². The Hall–Kier alpha value is -1.82. The number of benzene rings is 1. The van der Waals surface area contributed by atoms with E-state index < -0.39 is 0 Å². The van der Waals surface area contributed by atoms with Crippen molar-refractivity contribution < 1.29 is 0 Å². The summed E-state index contributed by atoms with van der Waals surface area (Å²) in [5.41, 5.74) is 6.97. The molecule has 6 heteroatoms. The van der Waals surface area contributed by atoms with Gasteiger partial charge in [0, 0.05) is 19.6 Å². The third kappa shape index (κ3) is 3.01. The van der Waals surface area contributed by atoms with Gasteiger partial charge in [-0.25, -0.2) is 4.98 Å². The van der Waals surface area contributed by atoms with Crippen molar-refractivity contribution in [3.8, 4) is 0 Å². The monoisotopic (exact) mass is 289 g/mol. The molecule has 1 aliphatic rings. The molecular weight excluding hydrogens is 270 g/mol. The average Bonchev–Trinajstić information content (AvgIpc) is 3.22. The highest BCUT2D eigenvalue weighted by molar-refractivity contribution is 7.22. The zero-order chi connectivity index (χ0) is 13.9. The number of hydrogen-bond donors (Lipinski definition) is 2. The van der Waals surface area contributed by atoms with Crippen molar-refractivity contribution in [2.75, 3.05) is 25.5 Å². The lowest BCUT2D eigenvalue weighted by Crippen LogP contribution is -2.36. The Morgan fingerprint density at radius 3 is 3.05 bits per heavy atom. The van der Waals surface area contributed by atoms with Crippen molar-refractivity contribution in [2.45, 2.75) is 18.9 Å². The van der Waals surface area contributed by atoms with E-state index in [1.54, 1.807) is 11.3 Å². The standard InChI is InChI=1S/C14H19N5S/c1-19(10-6-7-10)13(15)16-8-9-17-14-18-11-4-2-3-5-12(11)20-14/h2-5,10H,6-9H2,1H3,(H2,15,16)(H,17,18). The Balaban J connectivity index is 1.50. The third-order valence-electron chi connectivity index (χ3n) is 3.41. The van der Waals surface area contributed by atoms with Gasteiger partial charge in [0.05, 0.1) is 16.8 Å². The molecule has 1 fully saturated rings. The number of rotatable bonds is 5. The van der Waals surface area contributed by atoms with E-state index in [2.05, 4.69) is 26.3 Å². The maximum atomic E-state index is 5.93. The van der Waals surface area contributed by atoms with Crippen molar-refractivity contribution in [1.82, 2.24) is 9.88 Å². The summed E-state index contributed by atoms with van der Waals surface area (Å²) in [6.45, 7) is 1.41. The van der Waals surface area contributed by atoms with Crippen LogP contribution < -0.4 is 11.1 Å². The second-order valence-electron chi connectivity index (χ2n) is 5.00. The van der Waals surface area contributed by atoms with E-state index in [9.17, 15) is 0 Å². The van der Waals surface area contributed by atoms with Gasteiger partial charge in [-0.1, -0.05) is 23.5 Å². The largest absolute Gasteiger partial charge is 0.370 e. The van der Waals surface area contributed by atoms with E-state index in [0.717, 1.165) is 17.2 Å². The molecule has 0 saturated heterocycles. The molecule has 0 aliphatic heterocycles. The number of hydrogen-bond acceptors (Lipinski definition) is 4. The molecule has 3 N–H and O–H groups in total. The molecule has 0 radical (unpaired) electrons. The van der Waals surface area contributed by atoms with Gasteiger partial charge < -0.3 is 16.0 Å². The highest BCUT2D eigenvalue weighted by Gasteiger charge is 2.27. The van der Waals surface area contributed by atoms with Crippen LogP contribution in [0.2, 0.25) is 0 Å². The number of aromatic nitrogens is 1. The molecule has 1 saturated carbocycles. The molecule has 3 rings (SSSR count). The van der Waals surface area contributed by atoms with Gasteiger partial charge in [-0.3, -0.25) is 4.99 Å². The van der Waals surface area contributed by atoms with Crippen LogP contribution in [-0.2, 0) is 0 Å². The number of fused-ring (bicyclic) bond motifs is 1. The molecule has 1 heterocycles. The Morgan fingerprint density at radius 2 is 2.30 bits per heavy atom. The third-order valence-corrected chi connectivity index (χ3v) is 4.41. The normalized spacial score (nSPS) is 15.6. The van der Waals surface area contributed by atoms with Crippen LogP contribution in [0.25, 0.3) is 10.2 Å². The summed E-state index contributed by atoms with van der Waals surface area (Å²) in [6.07, 6.45) is 2.47. The molecule has 2 aromatic rings. The number of thiazole rings is 1. The number of nitrogens with two attached hydrogens (primary N) is 1. The van der Waals surface area contributed by atoms with E-state index in [1.807, 2.05) is 25.2 Å². The summed E-state index contributed by atoms with van der Waals surface area (Å²) in [4.78, 5) is 11.0. The van der Waals surface area contributed by atoms with Crippen LogP contribution in [-0.4, -0.2) is 42.0 Å². The fourth-order valence-corrected chi connectivity index (χ4v) is 2.93. The highest BCUT2D eigenvalue weighted by Crippen LogP contribution is 2.25. The Bertz CT molecular complexity index is 584. The molecular formula is C14H19N5S. The lowest BCUT2D eigenvalue weighted by atomic mass is 10.3. The van der Waals surface area contributed by atoms with Gasteiger partial charge in [0.1, 0.15) is 0 Å². The molecule has 5 nitrogen and oxygen atoms in total. The number of aliphatic imine (C=N–C) groups is 1. The van der Waals surface area contributed by atoms with Crippen LogP contribution in [0, 0.1) is 0 Å². The van der Waals surface area contributed by atoms with Crippen molar-refractivity contribution >= 4 is 32.6 Å². The van der Waals surface area contributed by atoms with Crippen molar-refractivity contribution in [3.63, 3.8) is 0 Å². The summed E-state index contributed by atoms with van der Waals surface area (Å²) in [7, 11) is 2.01. The number of para-hydroxylation sites is 1. The minimum absolute atomic E-state index is 0.607. The van der Waals surface area contributed by atoms with Gasteiger partial charge in [0.25, 0.3) is 0 Å². The molecule has 106 valence electrons. The Kier molecular flexibility index (Phi) is 3.73. The highest BCUT2D eigenvalue weighted by atomic mass is 32.1. The van der Waals surface area contributed by atoms with Gasteiger partial charge in [-0.15, -0.1) is 0 Å². The summed E-state index contributed by atoms with van der Waals surface area (Å²) in [5.74, 6) is 0.638. The van der Waals surface area contributed by atoms with Crippen LogP contribution >= 0.6 is 11.3 Å². The van der Waals surface area contributed by atoms with E-state index in [-0.39, 0.29) is 0 Å². The van der Waals surface area contributed by atoms with E-state index in [1.165, 1.54) is 17.5 Å². The molecule has 0 amide bonds. The first kappa shape index (κ1) is 13.2. The molecule has 1 aromatic carbocycles. The molecule has 1 aliphatic carbocycles. The lowest BCUT2D eigenvalue weighted by molar-refractivity contribution is 0.488. The number of nitrogens with zero attached hydrogens (tertiary/aromatic N) is 3. The van der Waals surface area contributed by atoms with Crippen LogP contribution in [0.4, 0.5) is 5.13 Å². The summed E-state index contributed by atoms with van der Waals surface area (Å²) < 4.78 is 1.20. The molecule has 0 spiro atoms. The van der Waals surface area contributed by atoms with Crippen LogP contribution in [0.15, 0.2) is 29.3 Å². The smallest absolute Gasteiger partial charge is 0.191 e. The van der Waals surface area contributed by atoms with Crippen molar-refractivity contribution in [2.24, 2.45) is 10.7 Å². The number of guanidine groups is 1. The molecule has 20 heavy (non-hydrogen) atoms. The van der Waals surface area contributed by atoms with Gasteiger partial charge in [-0.2, -0.15) is 0 Å². The Morgan fingerprint density at radius 1 is 1.50 bits per heavy atom. The predicted molar refractivity (Wildman–Crippen MR) is 85.4 cm³/mol. The van der Waals surface area contributed by atoms with Crippen molar-refractivity contribution in [3.05, 3.63) is 24.3 Å². The number of anilines is 1. The Labute approximate surface area is 122 Å². The fraction of sp³-hybridized carbons (Fsp3) is 0.429. The molecule has 1 aromatic heterocycles. The molecule has 0 bridgehead atoms. The average molecular weight is 289 g/mol. The van der Waals surface area contributed by atoms with Crippen LogP contribution in [0.5, 0.6) is 0 Å².